The average Bonchev–Trinajstić information content (AvgIpc) is 3.00. The molecule has 0 saturated carbocycles. The number of nitrogens with one attached hydrogen (secondary N) is 2. The zero-order chi connectivity index (χ0) is 18.8. The smallest absolute Gasteiger partial charge is 0.290 e. The van der Waals surface area contributed by atoms with Gasteiger partial charge in [-0.2, -0.15) is 0 Å². The second kappa shape index (κ2) is 10.5. The van der Waals surface area contributed by atoms with Gasteiger partial charge < -0.3 is 20.6 Å². The largest absolute Gasteiger partial charge is 0.483 e. The zero-order valence-corrected chi connectivity index (χ0v) is 15.0. The Morgan fingerprint density at radius 3 is 2.64 bits per heavy atom. The minimum atomic E-state index is -0.250. The standard InChI is InChI=1S/C17H25N3O2.CH2O2/c1-12(2)10-18-16(21)13-5-4-6-15(9-13)19-17(22)14-7-8-20(3)11-14;2-1-3/h4-6,9,12,14H,7-8,10-11H2,1-3H3,(H,18,21)(H,19,22);1H,(H,2,3). The Balaban J connectivity index is 0.000000970. The van der Waals surface area contributed by atoms with Gasteiger partial charge in [-0.1, -0.05) is 19.9 Å². The SMILES string of the molecule is CC(C)CNC(=O)c1cccc(NC(=O)C2CCN(C)C2)c1.O=CO. The minimum absolute atomic E-state index is 0.0309. The third-order valence-corrected chi connectivity index (χ3v) is 3.83. The summed E-state index contributed by atoms with van der Waals surface area (Å²) in [6, 6.07) is 7.09. The Kier molecular flexibility index (Phi) is 8.63. The molecule has 1 saturated heterocycles. The van der Waals surface area contributed by atoms with Crippen LogP contribution >= 0.6 is 0 Å². The maximum absolute atomic E-state index is 12.2. The number of carbonyl (C=O) groups excluding carboxylic acids is 2. The number of hydrogen-bond donors (Lipinski definition) is 3. The van der Waals surface area contributed by atoms with Crippen LogP contribution in [0.3, 0.4) is 0 Å². The molecular formula is C18H27N3O4. The van der Waals surface area contributed by atoms with Gasteiger partial charge in [-0.25, -0.2) is 0 Å². The van der Waals surface area contributed by atoms with E-state index in [1.807, 2.05) is 13.1 Å². The van der Waals surface area contributed by atoms with Crippen molar-refractivity contribution in [1.29, 1.82) is 0 Å². The monoisotopic (exact) mass is 349 g/mol. The molecule has 1 atom stereocenters. The highest BCUT2D eigenvalue weighted by Crippen LogP contribution is 2.18. The van der Waals surface area contributed by atoms with Crippen molar-refractivity contribution in [3.05, 3.63) is 29.8 Å². The summed E-state index contributed by atoms with van der Waals surface area (Å²) < 4.78 is 0. The summed E-state index contributed by atoms with van der Waals surface area (Å²) in [7, 11) is 2.02. The number of anilines is 1. The highest BCUT2D eigenvalue weighted by Gasteiger charge is 2.26. The van der Waals surface area contributed by atoms with Gasteiger partial charge >= 0.3 is 0 Å². The van der Waals surface area contributed by atoms with Crippen molar-refractivity contribution in [3.63, 3.8) is 0 Å². The molecule has 0 spiro atoms. The molecule has 2 amide bonds. The van der Waals surface area contributed by atoms with Gasteiger partial charge in [0.15, 0.2) is 0 Å². The predicted octanol–water partition coefficient (Wildman–Crippen LogP) is 1.66. The molecule has 1 aliphatic rings. The van der Waals surface area contributed by atoms with Crippen LogP contribution in [0.5, 0.6) is 0 Å². The third kappa shape index (κ3) is 7.34. The van der Waals surface area contributed by atoms with Crippen LogP contribution < -0.4 is 10.6 Å². The number of likely N-dealkylation sites (tertiary alicyclic amines) is 1. The predicted molar refractivity (Wildman–Crippen MR) is 96.5 cm³/mol. The maximum atomic E-state index is 12.2. The highest BCUT2D eigenvalue weighted by atomic mass is 16.3. The molecule has 0 aliphatic carbocycles. The van der Waals surface area contributed by atoms with E-state index in [0.29, 0.717) is 23.7 Å². The van der Waals surface area contributed by atoms with E-state index in [4.69, 9.17) is 9.90 Å². The lowest BCUT2D eigenvalue weighted by Gasteiger charge is -2.12. The summed E-state index contributed by atoms with van der Waals surface area (Å²) in [5.41, 5.74) is 1.25. The molecule has 7 nitrogen and oxygen atoms in total. The van der Waals surface area contributed by atoms with Crippen molar-refractivity contribution in [3.8, 4) is 0 Å². The number of amides is 2. The van der Waals surface area contributed by atoms with E-state index in [-0.39, 0.29) is 24.2 Å². The Morgan fingerprint density at radius 2 is 2.08 bits per heavy atom. The fraction of sp³-hybridized carbons (Fsp3) is 0.500. The summed E-state index contributed by atoms with van der Waals surface area (Å²) in [6.45, 7) is 6.24. The first-order valence-electron chi connectivity index (χ1n) is 8.32. The highest BCUT2D eigenvalue weighted by molar-refractivity contribution is 5.97. The molecule has 7 heteroatoms. The van der Waals surface area contributed by atoms with Crippen LogP contribution in [-0.4, -0.2) is 55.0 Å². The van der Waals surface area contributed by atoms with Gasteiger partial charge in [-0.15, -0.1) is 0 Å². The number of carbonyl (C=O) groups is 3. The molecule has 1 aromatic carbocycles. The van der Waals surface area contributed by atoms with E-state index >= 15 is 0 Å². The van der Waals surface area contributed by atoms with Crippen LogP contribution in [0, 0.1) is 11.8 Å². The molecule has 1 aromatic rings. The Labute approximate surface area is 148 Å². The first-order chi connectivity index (χ1) is 11.9. The Morgan fingerprint density at radius 1 is 1.40 bits per heavy atom. The number of rotatable bonds is 5. The van der Waals surface area contributed by atoms with Crippen LogP contribution in [-0.2, 0) is 9.59 Å². The first kappa shape index (κ1) is 20.6. The average molecular weight is 349 g/mol. The molecule has 0 aromatic heterocycles. The van der Waals surface area contributed by atoms with E-state index in [1.54, 1.807) is 18.2 Å². The first-order valence-corrected chi connectivity index (χ1v) is 8.32. The lowest BCUT2D eigenvalue weighted by molar-refractivity contribution is -0.123. The van der Waals surface area contributed by atoms with Crippen molar-refractivity contribution in [2.45, 2.75) is 20.3 Å². The zero-order valence-electron chi connectivity index (χ0n) is 15.0. The molecule has 1 unspecified atom stereocenters. The molecule has 138 valence electrons. The summed E-state index contributed by atoms with van der Waals surface area (Å²) in [6.07, 6.45) is 0.886. The minimum Gasteiger partial charge on any atom is -0.483 e. The molecule has 0 radical (unpaired) electrons. The Bertz CT molecular complexity index is 589. The van der Waals surface area contributed by atoms with E-state index < -0.39 is 0 Å². The molecular weight excluding hydrogens is 322 g/mol. The van der Waals surface area contributed by atoms with Crippen LogP contribution in [0.1, 0.15) is 30.6 Å². The summed E-state index contributed by atoms with van der Waals surface area (Å²) in [5, 5.41) is 12.7. The lowest BCUT2D eigenvalue weighted by Crippen LogP contribution is -2.28. The lowest BCUT2D eigenvalue weighted by atomic mass is 10.1. The van der Waals surface area contributed by atoms with Gasteiger partial charge in [0, 0.05) is 24.3 Å². The van der Waals surface area contributed by atoms with Crippen molar-refractivity contribution >= 4 is 24.0 Å². The summed E-state index contributed by atoms with van der Waals surface area (Å²) in [4.78, 5) is 34.8. The third-order valence-electron chi connectivity index (χ3n) is 3.83. The second-order valence-electron chi connectivity index (χ2n) is 6.53. The number of benzene rings is 1. The van der Waals surface area contributed by atoms with E-state index in [1.165, 1.54) is 0 Å². The molecule has 1 fully saturated rings. The van der Waals surface area contributed by atoms with E-state index in [2.05, 4.69) is 29.4 Å². The van der Waals surface area contributed by atoms with Gasteiger partial charge in [0.1, 0.15) is 0 Å². The molecule has 2 rings (SSSR count). The number of hydrogen-bond acceptors (Lipinski definition) is 4. The van der Waals surface area contributed by atoms with Crippen molar-refractivity contribution < 1.29 is 19.5 Å². The normalized spacial score (nSPS) is 16.7. The quantitative estimate of drug-likeness (QED) is 0.702. The molecule has 1 aliphatic heterocycles. The number of carboxylic acid groups (broad SMARTS) is 1. The van der Waals surface area contributed by atoms with Gasteiger partial charge in [0.2, 0.25) is 5.91 Å². The fourth-order valence-electron chi connectivity index (χ4n) is 2.53. The van der Waals surface area contributed by atoms with Gasteiger partial charge in [-0.3, -0.25) is 14.4 Å². The van der Waals surface area contributed by atoms with Crippen LogP contribution in [0.15, 0.2) is 24.3 Å². The molecule has 25 heavy (non-hydrogen) atoms. The summed E-state index contributed by atoms with van der Waals surface area (Å²) >= 11 is 0. The van der Waals surface area contributed by atoms with Crippen molar-refractivity contribution in [1.82, 2.24) is 10.2 Å². The summed E-state index contributed by atoms with van der Waals surface area (Å²) in [5.74, 6) is 0.365. The maximum Gasteiger partial charge on any atom is 0.290 e. The Hall–Kier alpha value is -2.41. The van der Waals surface area contributed by atoms with E-state index in [0.717, 1.165) is 19.5 Å². The fourth-order valence-corrected chi connectivity index (χ4v) is 2.53. The van der Waals surface area contributed by atoms with Crippen LogP contribution in [0.25, 0.3) is 0 Å². The van der Waals surface area contributed by atoms with Gasteiger partial charge in [0.05, 0.1) is 5.92 Å². The van der Waals surface area contributed by atoms with Crippen molar-refractivity contribution in [2.24, 2.45) is 11.8 Å². The van der Waals surface area contributed by atoms with Crippen molar-refractivity contribution in [2.75, 3.05) is 32.0 Å². The van der Waals surface area contributed by atoms with E-state index in [9.17, 15) is 9.59 Å². The number of nitrogens with zero attached hydrogens (tertiary/aromatic N) is 1. The second-order valence-corrected chi connectivity index (χ2v) is 6.53. The van der Waals surface area contributed by atoms with Crippen LogP contribution in [0.4, 0.5) is 5.69 Å². The molecule has 3 N–H and O–H groups in total. The topological polar surface area (TPSA) is 98.7 Å². The molecule has 0 bridgehead atoms. The molecule has 1 heterocycles. The van der Waals surface area contributed by atoms with Gasteiger partial charge in [0.25, 0.3) is 12.4 Å². The van der Waals surface area contributed by atoms with Gasteiger partial charge in [-0.05, 0) is 44.1 Å². The van der Waals surface area contributed by atoms with Crippen LogP contribution in [0.2, 0.25) is 0 Å².